The second-order valence-corrected chi connectivity index (χ2v) is 8.70. The minimum atomic E-state index is -3.22. The minimum Gasteiger partial charge on any atom is -0.484 e. The molecule has 0 aromatic heterocycles. The van der Waals surface area contributed by atoms with Crippen LogP contribution in [0.3, 0.4) is 0 Å². The highest BCUT2D eigenvalue weighted by Crippen LogP contribution is 2.21. The molecule has 0 unspecified atom stereocenters. The first-order valence-corrected chi connectivity index (χ1v) is 10.3. The largest absolute Gasteiger partial charge is 0.484 e. The zero-order valence-corrected chi connectivity index (χ0v) is 16.6. The first-order chi connectivity index (χ1) is 11.7. The maximum Gasteiger partial charge on any atom is 0.258 e. The zero-order valence-electron chi connectivity index (χ0n) is 14.2. The number of nitrogens with one attached hydrogen (secondary N) is 1. The summed E-state index contributed by atoms with van der Waals surface area (Å²) in [6, 6.07) is 11.7. The summed E-state index contributed by atoms with van der Waals surface area (Å²) in [5.41, 5.74) is 1.84. The second kappa shape index (κ2) is 8.01. The van der Waals surface area contributed by atoms with Crippen molar-refractivity contribution < 1.29 is 17.9 Å². The van der Waals surface area contributed by atoms with Crippen LogP contribution in [0.5, 0.6) is 5.75 Å². The summed E-state index contributed by atoms with van der Waals surface area (Å²) in [5.74, 6) is 0.376. The van der Waals surface area contributed by atoms with Crippen LogP contribution in [0.2, 0.25) is 0 Å². The molecule has 1 atom stereocenters. The number of hydrogen-bond acceptors (Lipinski definition) is 4. The van der Waals surface area contributed by atoms with E-state index in [1.165, 1.54) is 12.1 Å². The van der Waals surface area contributed by atoms with E-state index in [0.717, 1.165) is 21.9 Å². The third-order valence-corrected chi connectivity index (χ3v) is 5.70. The predicted molar refractivity (Wildman–Crippen MR) is 100 cm³/mol. The van der Waals surface area contributed by atoms with Gasteiger partial charge in [0.25, 0.3) is 5.91 Å². The van der Waals surface area contributed by atoms with Gasteiger partial charge in [-0.2, -0.15) is 0 Å². The Labute approximate surface area is 156 Å². The average molecular weight is 426 g/mol. The second-order valence-electron chi connectivity index (χ2n) is 5.83. The Kier molecular flexibility index (Phi) is 6.24. The van der Waals surface area contributed by atoms with Crippen LogP contribution in [0.25, 0.3) is 0 Å². The van der Waals surface area contributed by atoms with E-state index in [-0.39, 0.29) is 23.5 Å². The van der Waals surface area contributed by atoms with Crippen LogP contribution in [0.1, 0.15) is 24.1 Å². The molecule has 5 nitrogen and oxygen atoms in total. The monoisotopic (exact) mass is 425 g/mol. The molecule has 2 rings (SSSR count). The van der Waals surface area contributed by atoms with Crippen LogP contribution >= 0.6 is 15.9 Å². The topological polar surface area (TPSA) is 72.5 Å². The maximum atomic E-state index is 12.0. The average Bonchev–Trinajstić information content (AvgIpc) is 2.55. The Bertz CT molecular complexity index is 863. The first kappa shape index (κ1) is 19.5. The maximum absolute atomic E-state index is 12.0. The number of halogens is 1. The van der Waals surface area contributed by atoms with Crippen molar-refractivity contribution in [1.82, 2.24) is 5.32 Å². The fourth-order valence-corrected chi connectivity index (χ4v) is 3.10. The third kappa shape index (κ3) is 5.57. The standard InChI is InChI=1S/C18H20BrNO4S/c1-12-10-15(6-9-17(12)19)24-11-18(21)20-13(2)14-4-7-16(8-5-14)25(3,22)23/h4-10,13H,11H2,1-3H3,(H,20,21)/t13-/m1/s1. The van der Waals surface area contributed by atoms with Crippen LogP contribution in [-0.2, 0) is 14.6 Å². The number of ether oxygens (including phenoxy) is 1. The molecule has 0 saturated heterocycles. The highest BCUT2D eigenvalue weighted by Gasteiger charge is 2.12. The molecule has 0 aliphatic heterocycles. The van der Waals surface area contributed by atoms with Gasteiger partial charge in [0.05, 0.1) is 10.9 Å². The molecule has 1 N–H and O–H groups in total. The molecule has 0 heterocycles. The van der Waals surface area contributed by atoms with Gasteiger partial charge < -0.3 is 10.1 Å². The molecule has 1 amide bonds. The molecule has 7 heteroatoms. The van der Waals surface area contributed by atoms with Gasteiger partial charge in [-0.25, -0.2) is 8.42 Å². The van der Waals surface area contributed by atoms with Crippen LogP contribution in [0.4, 0.5) is 0 Å². The molecule has 2 aromatic carbocycles. The Balaban J connectivity index is 1.92. The van der Waals surface area contributed by atoms with Gasteiger partial charge in [-0.3, -0.25) is 4.79 Å². The molecule has 0 aliphatic carbocycles. The summed E-state index contributed by atoms with van der Waals surface area (Å²) in [7, 11) is -3.22. The molecule has 0 aliphatic rings. The quantitative estimate of drug-likeness (QED) is 0.769. The van der Waals surface area contributed by atoms with E-state index < -0.39 is 9.84 Å². The molecule has 0 radical (unpaired) electrons. The van der Waals surface area contributed by atoms with Crippen molar-refractivity contribution in [3.63, 3.8) is 0 Å². The Hall–Kier alpha value is -1.86. The van der Waals surface area contributed by atoms with Gasteiger partial charge in [-0.1, -0.05) is 28.1 Å². The van der Waals surface area contributed by atoms with Crippen LogP contribution in [0, 0.1) is 6.92 Å². The van der Waals surface area contributed by atoms with Gasteiger partial charge in [0.15, 0.2) is 16.4 Å². The van der Waals surface area contributed by atoms with Crippen LogP contribution in [-0.4, -0.2) is 27.2 Å². The number of aryl methyl sites for hydroxylation is 1. The van der Waals surface area contributed by atoms with E-state index in [9.17, 15) is 13.2 Å². The normalized spacial score (nSPS) is 12.5. The van der Waals surface area contributed by atoms with Crippen LogP contribution < -0.4 is 10.1 Å². The van der Waals surface area contributed by atoms with Gasteiger partial charge in [0, 0.05) is 10.7 Å². The third-order valence-electron chi connectivity index (χ3n) is 3.69. The van der Waals surface area contributed by atoms with Crippen molar-refractivity contribution in [3.05, 3.63) is 58.1 Å². The van der Waals surface area contributed by atoms with Crippen molar-refractivity contribution in [2.24, 2.45) is 0 Å². The number of hydrogen-bond donors (Lipinski definition) is 1. The molecule has 0 spiro atoms. The number of rotatable bonds is 6. The molecular weight excluding hydrogens is 406 g/mol. The van der Waals surface area contributed by atoms with Gasteiger partial charge in [-0.15, -0.1) is 0 Å². The predicted octanol–water partition coefficient (Wildman–Crippen LogP) is 3.42. The highest BCUT2D eigenvalue weighted by atomic mass is 79.9. The smallest absolute Gasteiger partial charge is 0.258 e. The Morgan fingerprint density at radius 2 is 1.84 bits per heavy atom. The molecular formula is C18H20BrNO4S. The minimum absolute atomic E-state index is 0.0904. The van der Waals surface area contributed by atoms with Gasteiger partial charge in [-0.05, 0) is 55.3 Å². The SMILES string of the molecule is Cc1cc(OCC(=O)N[C@H](C)c2ccc(S(C)(=O)=O)cc2)ccc1Br. The summed E-state index contributed by atoms with van der Waals surface area (Å²) >= 11 is 3.41. The molecule has 0 bridgehead atoms. The van der Waals surface area contributed by atoms with Crippen molar-refractivity contribution in [2.75, 3.05) is 12.9 Å². The van der Waals surface area contributed by atoms with E-state index in [1.807, 2.05) is 26.0 Å². The number of sulfone groups is 1. The summed E-state index contributed by atoms with van der Waals surface area (Å²) in [4.78, 5) is 12.3. The van der Waals surface area contributed by atoms with E-state index in [1.54, 1.807) is 18.2 Å². The van der Waals surface area contributed by atoms with Crippen molar-refractivity contribution in [1.29, 1.82) is 0 Å². The lowest BCUT2D eigenvalue weighted by molar-refractivity contribution is -0.123. The van der Waals surface area contributed by atoms with Gasteiger partial charge >= 0.3 is 0 Å². The molecule has 2 aromatic rings. The molecule has 134 valence electrons. The lowest BCUT2D eigenvalue weighted by Gasteiger charge is -2.15. The number of carbonyl (C=O) groups is 1. The zero-order chi connectivity index (χ0) is 18.6. The fraction of sp³-hybridized carbons (Fsp3) is 0.278. The summed E-state index contributed by atoms with van der Waals surface area (Å²) in [6.07, 6.45) is 1.16. The van der Waals surface area contributed by atoms with E-state index in [4.69, 9.17) is 4.74 Å². The molecule has 25 heavy (non-hydrogen) atoms. The number of benzene rings is 2. The fourth-order valence-electron chi connectivity index (χ4n) is 2.23. The van der Waals surface area contributed by atoms with E-state index in [0.29, 0.717) is 5.75 Å². The van der Waals surface area contributed by atoms with E-state index in [2.05, 4.69) is 21.2 Å². The van der Waals surface area contributed by atoms with Crippen molar-refractivity contribution >= 4 is 31.7 Å². The Morgan fingerprint density at radius 3 is 2.40 bits per heavy atom. The first-order valence-electron chi connectivity index (χ1n) is 7.65. The molecule has 0 fully saturated rings. The van der Waals surface area contributed by atoms with Crippen molar-refractivity contribution in [2.45, 2.75) is 24.8 Å². The van der Waals surface area contributed by atoms with E-state index >= 15 is 0 Å². The van der Waals surface area contributed by atoms with Crippen molar-refractivity contribution in [3.8, 4) is 5.75 Å². The summed E-state index contributed by atoms with van der Waals surface area (Å²) in [5, 5.41) is 2.83. The highest BCUT2D eigenvalue weighted by molar-refractivity contribution is 9.10. The van der Waals surface area contributed by atoms with Gasteiger partial charge in [0.2, 0.25) is 0 Å². The molecule has 0 saturated carbocycles. The summed E-state index contributed by atoms with van der Waals surface area (Å²) in [6.45, 7) is 3.68. The Morgan fingerprint density at radius 1 is 1.20 bits per heavy atom. The van der Waals surface area contributed by atoms with Gasteiger partial charge in [0.1, 0.15) is 5.75 Å². The number of carbonyl (C=O) groups excluding carboxylic acids is 1. The summed E-state index contributed by atoms with van der Waals surface area (Å²) < 4.78 is 29.4. The lowest BCUT2D eigenvalue weighted by Crippen LogP contribution is -2.31. The lowest BCUT2D eigenvalue weighted by atomic mass is 10.1. The number of amides is 1. The van der Waals surface area contributed by atoms with Crippen LogP contribution in [0.15, 0.2) is 51.8 Å².